The van der Waals surface area contributed by atoms with Gasteiger partial charge in [0.1, 0.15) is 5.75 Å². The summed E-state index contributed by atoms with van der Waals surface area (Å²) in [5.41, 5.74) is 4.90. The number of hydrogen-bond donors (Lipinski definition) is 2. The molecule has 2 N–H and O–H groups in total. The van der Waals surface area contributed by atoms with Crippen LogP contribution in [-0.2, 0) is 24.7 Å². The first-order valence-electron chi connectivity index (χ1n) is 12.4. The highest BCUT2D eigenvalue weighted by Gasteiger charge is 2.57. The zero-order valence-electron chi connectivity index (χ0n) is 20.1. The Morgan fingerprint density at radius 1 is 1.03 bits per heavy atom. The van der Waals surface area contributed by atoms with Crippen molar-refractivity contribution in [1.29, 1.82) is 0 Å². The normalized spacial score (nSPS) is 24.2. The summed E-state index contributed by atoms with van der Waals surface area (Å²) in [6, 6.07) is 25.3. The summed E-state index contributed by atoms with van der Waals surface area (Å²) in [7, 11) is 1.71. The van der Waals surface area contributed by atoms with Crippen LogP contribution in [0.3, 0.4) is 0 Å². The molecule has 1 aromatic heterocycles. The number of para-hydroxylation sites is 1. The zero-order chi connectivity index (χ0) is 24.0. The summed E-state index contributed by atoms with van der Waals surface area (Å²) in [5.74, 6) is 0.843. The van der Waals surface area contributed by atoms with Crippen LogP contribution >= 0.6 is 15.9 Å². The van der Waals surface area contributed by atoms with E-state index >= 15 is 0 Å². The summed E-state index contributed by atoms with van der Waals surface area (Å²) in [5, 5.41) is 13.8. The van der Waals surface area contributed by atoms with Crippen molar-refractivity contribution in [1.82, 2.24) is 9.88 Å². The lowest BCUT2D eigenvalue weighted by atomic mass is 9.56. The number of benzene rings is 3. The van der Waals surface area contributed by atoms with Crippen molar-refractivity contribution in [2.75, 3.05) is 26.7 Å². The Labute approximate surface area is 215 Å². The lowest BCUT2D eigenvalue weighted by molar-refractivity contribution is -0.102. The van der Waals surface area contributed by atoms with Gasteiger partial charge >= 0.3 is 0 Å². The number of aromatic amines is 1. The Morgan fingerprint density at radius 2 is 1.86 bits per heavy atom. The molecule has 0 amide bonds. The number of likely N-dealkylation sites (tertiary alicyclic amines) is 1. The van der Waals surface area contributed by atoms with Gasteiger partial charge in [-0.25, -0.2) is 0 Å². The molecule has 2 unspecified atom stereocenters. The number of rotatable bonds is 5. The standard InChI is InChI=1S/C30H31BrN2O2/c1-35-23-10-5-9-22(17-23)29-14-16-33(15-13-21-7-3-2-4-8-21)20-30(29,34)18-25-24-11-6-12-26(31)28(24)32-27(25)19-29/h2-12,17,32,34H,13-16,18-20H2,1H3. The van der Waals surface area contributed by atoms with Crippen molar-refractivity contribution in [2.45, 2.75) is 36.7 Å². The SMILES string of the molecule is COc1cccc(C23CCN(CCc4ccccc4)CC2(O)Cc2c([nH]c4c(Br)cccc24)C3)c1. The number of nitrogens with one attached hydrogen (secondary N) is 1. The quantitative estimate of drug-likeness (QED) is 0.350. The van der Waals surface area contributed by atoms with Crippen LogP contribution in [-0.4, -0.2) is 47.3 Å². The third kappa shape index (κ3) is 3.81. The molecule has 0 radical (unpaired) electrons. The van der Waals surface area contributed by atoms with Gasteiger partial charge in [0, 0.05) is 46.9 Å². The highest BCUT2D eigenvalue weighted by molar-refractivity contribution is 9.10. The van der Waals surface area contributed by atoms with Gasteiger partial charge in [-0.05, 0) is 70.2 Å². The highest BCUT2D eigenvalue weighted by atomic mass is 79.9. The van der Waals surface area contributed by atoms with E-state index in [4.69, 9.17) is 4.74 Å². The van der Waals surface area contributed by atoms with Crippen molar-refractivity contribution >= 4 is 26.8 Å². The van der Waals surface area contributed by atoms with Gasteiger partial charge in [0.15, 0.2) is 0 Å². The molecule has 2 heterocycles. The number of fused-ring (bicyclic) bond motifs is 4. The maximum atomic E-state index is 12.6. The molecule has 2 aliphatic rings. The molecule has 1 aliphatic heterocycles. The van der Waals surface area contributed by atoms with Crippen LogP contribution in [0.25, 0.3) is 10.9 Å². The van der Waals surface area contributed by atoms with Crippen molar-refractivity contribution in [3.63, 3.8) is 0 Å². The van der Waals surface area contributed by atoms with Crippen LogP contribution in [0.15, 0.2) is 77.3 Å². The minimum atomic E-state index is -0.876. The monoisotopic (exact) mass is 530 g/mol. The lowest BCUT2D eigenvalue weighted by Crippen LogP contribution is -2.66. The number of piperidine rings is 1. The van der Waals surface area contributed by atoms with Gasteiger partial charge in [-0.1, -0.05) is 54.6 Å². The van der Waals surface area contributed by atoms with Gasteiger partial charge < -0.3 is 19.7 Å². The minimum absolute atomic E-state index is 0.370. The van der Waals surface area contributed by atoms with Gasteiger partial charge in [0.05, 0.1) is 18.2 Å². The molecule has 1 saturated heterocycles. The van der Waals surface area contributed by atoms with Gasteiger partial charge in [0.2, 0.25) is 0 Å². The fourth-order valence-corrected chi connectivity index (χ4v) is 6.92. The first-order chi connectivity index (χ1) is 17.0. The Bertz CT molecular complexity index is 1370. The number of aliphatic hydroxyl groups is 1. The molecule has 1 fully saturated rings. The van der Waals surface area contributed by atoms with Crippen LogP contribution in [0.5, 0.6) is 5.75 Å². The molecule has 6 rings (SSSR count). The smallest absolute Gasteiger partial charge is 0.119 e. The van der Waals surface area contributed by atoms with Crippen LogP contribution in [0, 0.1) is 0 Å². The maximum absolute atomic E-state index is 12.6. The number of nitrogens with zero attached hydrogens (tertiary/aromatic N) is 1. The summed E-state index contributed by atoms with van der Waals surface area (Å²) >= 11 is 3.72. The minimum Gasteiger partial charge on any atom is -0.497 e. The van der Waals surface area contributed by atoms with Crippen molar-refractivity contribution in [3.8, 4) is 5.75 Å². The first kappa shape index (κ1) is 22.8. The largest absolute Gasteiger partial charge is 0.497 e. The lowest BCUT2D eigenvalue weighted by Gasteiger charge is -2.56. The molecule has 2 atom stereocenters. The maximum Gasteiger partial charge on any atom is 0.119 e. The van der Waals surface area contributed by atoms with Crippen molar-refractivity contribution in [3.05, 3.63) is 99.7 Å². The fraction of sp³-hybridized carbons (Fsp3) is 0.333. The van der Waals surface area contributed by atoms with Gasteiger partial charge in [-0.3, -0.25) is 0 Å². The fourth-order valence-electron chi connectivity index (χ4n) is 6.46. The van der Waals surface area contributed by atoms with E-state index in [1.165, 1.54) is 27.8 Å². The number of hydrogen-bond acceptors (Lipinski definition) is 3. The summed E-state index contributed by atoms with van der Waals surface area (Å²) in [6.45, 7) is 2.58. The van der Waals surface area contributed by atoms with E-state index in [1.807, 2.05) is 6.07 Å². The summed E-state index contributed by atoms with van der Waals surface area (Å²) in [4.78, 5) is 6.17. The van der Waals surface area contributed by atoms with Gasteiger partial charge in [-0.15, -0.1) is 0 Å². The molecule has 0 saturated carbocycles. The van der Waals surface area contributed by atoms with E-state index in [0.717, 1.165) is 48.1 Å². The second kappa shape index (κ2) is 8.81. The van der Waals surface area contributed by atoms with E-state index in [1.54, 1.807) is 7.11 Å². The number of H-pyrrole nitrogens is 1. The second-order valence-electron chi connectivity index (χ2n) is 10.2. The highest BCUT2D eigenvalue weighted by Crippen LogP contribution is 2.52. The van der Waals surface area contributed by atoms with Gasteiger partial charge in [0.25, 0.3) is 0 Å². The van der Waals surface area contributed by atoms with Crippen molar-refractivity contribution in [2.24, 2.45) is 0 Å². The third-order valence-corrected chi connectivity index (χ3v) is 9.00. The Morgan fingerprint density at radius 3 is 2.69 bits per heavy atom. The van der Waals surface area contributed by atoms with E-state index in [2.05, 4.69) is 92.5 Å². The van der Waals surface area contributed by atoms with E-state index in [0.29, 0.717) is 13.0 Å². The summed E-state index contributed by atoms with van der Waals surface area (Å²) < 4.78 is 6.66. The Kier molecular flexibility index (Phi) is 5.75. The summed E-state index contributed by atoms with van der Waals surface area (Å²) in [6.07, 6.45) is 3.33. The molecular weight excluding hydrogens is 500 g/mol. The molecule has 35 heavy (non-hydrogen) atoms. The van der Waals surface area contributed by atoms with Crippen LogP contribution < -0.4 is 4.74 Å². The van der Waals surface area contributed by atoms with Crippen LogP contribution in [0.1, 0.15) is 28.8 Å². The predicted octanol–water partition coefficient (Wildman–Crippen LogP) is 5.66. The number of ether oxygens (including phenoxy) is 1. The molecule has 180 valence electrons. The van der Waals surface area contributed by atoms with Gasteiger partial charge in [-0.2, -0.15) is 0 Å². The number of methoxy groups -OCH3 is 1. The first-order valence-corrected chi connectivity index (χ1v) is 13.2. The van der Waals surface area contributed by atoms with Crippen LogP contribution in [0.2, 0.25) is 0 Å². The van der Waals surface area contributed by atoms with E-state index in [9.17, 15) is 5.11 Å². The Balaban J connectivity index is 1.41. The van der Waals surface area contributed by atoms with Crippen molar-refractivity contribution < 1.29 is 9.84 Å². The Hall–Kier alpha value is -2.60. The number of β-amino-alcohol motifs (C(OH)–C–C–N with tert-alkyl or cyclic N) is 1. The molecule has 4 nitrogen and oxygen atoms in total. The molecule has 0 bridgehead atoms. The average Bonchev–Trinajstić information content (AvgIpc) is 3.24. The van der Waals surface area contributed by atoms with E-state index in [-0.39, 0.29) is 5.41 Å². The molecule has 4 aromatic rings. The number of aromatic nitrogens is 1. The van der Waals surface area contributed by atoms with Crippen LogP contribution in [0.4, 0.5) is 0 Å². The van der Waals surface area contributed by atoms with E-state index < -0.39 is 5.60 Å². The topological polar surface area (TPSA) is 48.5 Å². The average molecular weight is 531 g/mol. The third-order valence-electron chi connectivity index (χ3n) is 8.34. The molecule has 3 aromatic carbocycles. The predicted molar refractivity (Wildman–Crippen MR) is 144 cm³/mol. The number of halogens is 1. The molecule has 0 spiro atoms. The molecule has 1 aliphatic carbocycles. The zero-order valence-corrected chi connectivity index (χ0v) is 21.6. The molecule has 5 heteroatoms. The molecular formula is C30H31BrN2O2. The second-order valence-corrected chi connectivity index (χ2v) is 11.1.